The van der Waals surface area contributed by atoms with Crippen molar-refractivity contribution in [2.24, 2.45) is 0 Å². The third-order valence-corrected chi connectivity index (χ3v) is 6.36. The van der Waals surface area contributed by atoms with Crippen LogP contribution in [0.15, 0.2) is 43.1 Å². The summed E-state index contributed by atoms with van der Waals surface area (Å²) >= 11 is 0. The Balaban J connectivity index is 1.38. The smallest absolute Gasteiger partial charge is 0.416 e. The molecule has 10 heteroatoms. The average Bonchev–Trinajstić information content (AvgIpc) is 3.12. The van der Waals surface area contributed by atoms with Gasteiger partial charge in [-0.1, -0.05) is 30.8 Å². The molecular weight excluding hydrogens is 451 g/mol. The van der Waals surface area contributed by atoms with Gasteiger partial charge in [0, 0.05) is 32.7 Å². The summed E-state index contributed by atoms with van der Waals surface area (Å²) in [5.41, 5.74) is 1.49. The summed E-state index contributed by atoms with van der Waals surface area (Å²) in [6, 6.07) is 8.09. The predicted molar refractivity (Wildman–Crippen MR) is 130 cm³/mol. The number of benzene rings is 1. The number of amides is 2. The van der Waals surface area contributed by atoms with Gasteiger partial charge in [-0.3, -0.25) is 9.69 Å². The molecule has 1 N–H and O–H groups in total. The number of piperazine rings is 1. The van der Waals surface area contributed by atoms with E-state index in [-0.39, 0.29) is 30.3 Å². The zero-order valence-corrected chi connectivity index (χ0v) is 20.3. The monoisotopic (exact) mass is 482 g/mol. The van der Waals surface area contributed by atoms with Gasteiger partial charge in [0.15, 0.2) is 11.6 Å². The Kier molecular flexibility index (Phi) is 7.02. The highest BCUT2D eigenvalue weighted by Crippen LogP contribution is 2.31. The Labute approximate surface area is 204 Å². The molecule has 4 rings (SSSR count). The van der Waals surface area contributed by atoms with Gasteiger partial charge in [0.05, 0.1) is 17.8 Å². The average molecular weight is 483 g/mol. The number of nitrogens with zero attached hydrogens (tertiary/aromatic N) is 5. The zero-order chi connectivity index (χ0) is 25.2. The van der Waals surface area contributed by atoms with Crippen molar-refractivity contribution in [2.75, 3.05) is 43.0 Å². The largest absolute Gasteiger partial charge is 0.447 e. The Hall–Kier alpha value is -3.53. The van der Waals surface area contributed by atoms with Crippen LogP contribution < -0.4 is 10.2 Å². The van der Waals surface area contributed by atoms with Crippen LogP contribution in [0.2, 0.25) is 0 Å². The summed E-state index contributed by atoms with van der Waals surface area (Å²) in [7, 11) is 0. The first-order valence-corrected chi connectivity index (χ1v) is 11.7. The van der Waals surface area contributed by atoms with Crippen LogP contribution in [0.5, 0.6) is 0 Å². The number of hydrogen-bond acceptors (Lipinski definition) is 7. The molecular formula is C25H31FN6O3. The molecule has 2 saturated heterocycles. The van der Waals surface area contributed by atoms with Crippen molar-refractivity contribution in [2.45, 2.75) is 38.9 Å². The highest BCUT2D eigenvalue weighted by molar-refractivity contribution is 5.90. The fourth-order valence-corrected chi connectivity index (χ4v) is 4.27. The number of cyclic esters (lactones) is 1. The summed E-state index contributed by atoms with van der Waals surface area (Å²) < 4.78 is 19.6. The maximum absolute atomic E-state index is 14.5. The highest BCUT2D eigenvalue weighted by Gasteiger charge is 2.43. The Morgan fingerprint density at radius 3 is 2.54 bits per heavy atom. The van der Waals surface area contributed by atoms with Crippen molar-refractivity contribution < 1.29 is 18.7 Å². The molecule has 2 fully saturated rings. The molecule has 2 amide bonds. The van der Waals surface area contributed by atoms with Gasteiger partial charge in [0.2, 0.25) is 11.9 Å². The first-order chi connectivity index (χ1) is 16.7. The third kappa shape index (κ3) is 5.43. The van der Waals surface area contributed by atoms with Crippen LogP contribution in [0, 0.1) is 5.82 Å². The van der Waals surface area contributed by atoms with Crippen molar-refractivity contribution in [1.29, 1.82) is 0 Å². The molecule has 1 aromatic carbocycles. The minimum Gasteiger partial charge on any atom is -0.447 e. The van der Waals surface area contributed by atoms with Crippen molar-refractivity contribution >= 4 is 23.8 Å². The van der Waals surface area contributed by atoms with Crippen LogP contribution in [0.3, 0.4) is 0 Å². The Morgan fingerprint density at radius 1 is 1.26 bits per heavy atom. The summed E-state index contributed by atoms with van der Waals surface area (Å²) in [6.45, 7) is 13.1. The molecule has 9 nitrogen and oxygen atoms in total. The molecule has 1 atom stereocenters. The van der Waals surface area contributed by atoms with E-state index in [4.69, 9.17) is 4.74 Å². The summed E-state index contributed by atoms with van der Waals surface area (Å²) in [5.74, 6) is -0.584. The highest BCUT2D eigenvalue weighted by atomic mass is 19.1. The van der Waals surface area contributed by atoms with Crippen molar-refractivity contribution in [3.8, 4) is 0 Å². The van der Waals surface area contributed by atoms with Crippen LogP contribution >= 0.6 is 0 Å². The topological polar surface area (TPSA) is 90.9 Å². The normalized spacial score (nSPS) is 18.8. The number of anilines is 2. The van der Waals surface area contributed by atoms with Crippen LogP contribution in [-0.4, -0.2) is 70.1 Å². The molecule has 0 aliphatic carbocycles. The summed E-state index contributed by atoms with van der Waals surface area (Å²) in [5, 5.41) is 3.19. The second kappa shape index (κ2) is 9.99. The number of carbonyl (C=O) groups is 2. The van der Waals surface area contributed by atoms with Gasteiger partial charge in [-0.2, -0.15) is 4.98 Å². The van der Waals surface area contributed by atoms with E-state index in [2.05, 4.69) is 38.9 Å². The van der Waals surface area contributed by atoms with Gasteiger partial charge >= 0.3 is 6.09 Å². The minimum absolute atomic E-state index is 0.0168. The summed E-state index contributed by atoms with van der Waals surface area (Å²) in [4.78, 5) is 37.6. The fourth-order valence-electron chi connectivity index (χ4n) is 4.27. The lowest BCUT2D eigenvalue weighted by Gasteiger charge is -2.34. The first-order valence-electron chi connectivity index (χ1n) is 11.7. The molecule has 186 valence electrons. The number of carbonyl (C=O) groups excluding carboxylic acids is 2. The summed E-state index contributed by atoms with van der Waals surface area (Å²) in [6.07, 6.45) is 1.79. The molecule has 2 aromatic rings. The van der Waals surface area contributed by atoms with Crippen LogP contribution in [0.4, 0.5) is 21.0 Å². The Morgan fingerprint density at radius 2 is 1.94 bits per heavy atom. The van der Waals surface area contributed by atoms with Crippen LogP contribution in [0.1, 0.15) is 37.9 Å². The zero-order valence-electron chi connectivity index (χ0n) is 20.3. The van der Waals surface area contributed by atoms with Gasteiger partial charge in [0.25, 0.3) is 0 Å². The van der Waals surface area contributed by atoms with Crippen molar-refractivity contribution in [3.05, 3.63) is 60.1 Å². The lowest BCUT2D eigenvalue weighted by atomic mass is 10.1. The molecule has 0 saturated carbocycles. The lowest BCUT2D eigenvalue weighted by Crippen LogP contribution is -2.47. The predicted octanol–water partition coefficient (Wildman–Crippen LogP) is 3.35. The number of halogens is 1. The molecule has 3 heterocycles. The molecule has 0 radical (unpaired) electrons. The molecule has 1 aromatic heterocycles. The number of rotatable bonds is 7. The quantitative estimate of drug-likeness (QED) is 0.605. The number of ether oxygens (including phenoxy) is 1. The van der Waals surface area contributed by atoms with E-state index in [1.807, 2.05) is 24.0 Å². The van der Waals surface area contributed by atoms with E-state index >= 15 is 0 Å². The van der Waals surface area contributed by atoms with Gasteiger partial charge in [-0.05, 0) is 38.0 Å². The maximum Gasteiger partial charge on any atom is 0.416 e. The van der Waals surface area contributed by atoms with E-state index in [0.29, 0.717) is 13.1 Å². The van der Waals surface area contributed by atoms with Gasteiger partial charge in [0.1, 0.15) is 6.61 Å². The maximum atomic E-state index is 14.5. The van der Waals surface area contributed by atoms with E-state index in [9.17, 15) is 14.0 Å². The van der Waals surface area contributed by atoms with E-state index in [1.54, 1.807) is 13.8 Å². The van der Waals surface area contributed by atoms with Crippen molar-refractivity contribution in [1.82, 2.24) is 19.8 Å². The molecule has 2 aliphatic rings. The molecule has 0 bridgehead atoms. The minimum atomic E-state index is -0.710. The number of nitrogens with one attached hydrogen (secondary N) is 1. The van der Waals surface area contributed by atoms with Gasteiger partial charge < -0.3 is 15.0 Å². The van der Waals surface area contributed by atoms with E-state index in [1.165, 1.54) is 16.5 Å². The second-order valence-electron chi connectivity index (χ2n) is 9.48. The molecule has 0 spiro atoms. The SMILES string of the molecule is C=CC(=O)N1CCN(Cc2ccc(C(C)Nc3ncc(F)c(N4C(=O)OCC4(C)C)n3)cc2)CC1. The van der Waals surface area contributed by atoms with Crippen LogP contribution in [-0.2, 0) is 16.1 Å². The number of aromatic nitrogens is 2. The van der Waals surface area contributed by atoms with Crippen molar-refractivity contribution in [3.63, 3.8) is 0 Å². The second-order valence-corrected chi connectivity index (χ2v) is 9.48. The molecule has 35 heavy (non-hydrogen) atoms. The van der Waals surface area contributed by atoms with Crippen LogP contribution in [0.25, 0.3) is 0 Å². The van der Waals surface area contributed by atoms with E-state index in [0.717, 1.165) is 31.4 Å². The lowest BCUT2D eigenvalue weighted by molar-refractivity contribution is -0.127. The van der Waals surface area contributed by atoms with E-state index < -0.39 is 17.4 Å². The van der Waals surface area contributed by atoms with Gasteiger partial charge in [-0.25, -0.2) is 19.1 Å². The number of hydrogen-bond donors (Lipinski definition) is 1. The molecule has 2 aliphatic heterocycles. The fraction of sp³-hybridized carbons (Fsp3) is 0.440. The standard InChI is InChI=1S/C25H31FN6O3/c1-5-21(33)31-12-10-30(11-13-31)15-18-6-8-19(9-7-18)17(2)28-23-27-14-20(26)22(29-23)32-24(34)35-16-25(32,3)4/h5-9,14,17H,1,10-13,15-16H2,2-4H3,(H,27,28,29). The molecule has 1 unspecified atom stereocenters. The first kappa shape index (κ1) is 24.6. The third-order valence-electron chi connectivity index (χ3n) is 6.36. The Bertz CT molecular complexity index is 1100. The van der Waals surface area contributed by atoms with Gasteiger partial charge in [-0.15, -0.1) is 0 Å².